The molecule has 0 N–H and O–H groups in total. The van der Waals surface area contributed by atoms with E-state index in [-0.39, 0.29) is 39.8 Å². The van der Waals surface area contributed by atoms with Gasteiger partial charge in [-0.3, -0.25) is 14.4 Å². The average molecular weight is 416 g/mol. The van der Waals surface area contributed by atoms with Crippen molar-refractivity contribution in [3.05, 3.63) is 94.5 Å². The van der Waals surface area contributed by atoms with Crippen LogP contribution in [0.15, 0.2) is 66.7 Å². The van der Waals surface area contributed by atoms with Crippen LogP contribution in [0.5, 0.6) is 11.5 Å². The van der Waals surface area contributed by atoms with E-state index in [1.54, 1.807) is 43.5 Å². The first-order valence-electron chi connectivity index (χ1n) is 9.46. The van der Waals surface area contributed by atoms with Gasteiger partial charge in [0.25, 0.3) is 0 Å². The van der Waals surface area contributed by atoms with Crippen molar-refractivity contribution in [3.8, 4) is 11.5 Å². The number of ether oxygens (including phenoxy) is 2. The molecule has 0 unspecified atom stereocenters. The van der Waals surface area contributed by atoms with E-state index >= 15 is 0 Å². The predicted molar refractivity (Wildman–Crippen MR) is 114 cm³/mol. The molecule has 0 atom stereocenters. The standard InChI is InChI=1S/C25H20O6/c1-15(26)19-12-20(16(2)27)14-21(13-19)25(29)31-23-10-6-18(7-11-23)24(28)17-4-8-22(30-3)9-5-17/h4-14H,1-3H3. The van der Waals surface area contributed by atoms with Crippen LogP contribution in [0.4, 0.5) is 0 Å². The Bertz CT molecular complexity index is 1130. The third-order valence-electron chi connectivity index (χ3n) is 4.66. The molecule has 6 heteroatoms. The summed E-state index contributed by atoms with van der Waals surface area (Å²) in [6.07, 6.45) is 0. The van der Waals surface area contributed by atoms with Gasteiger partial charge >= 0.3 is 5.97 Å². The van der Waals surface area contributed by atoms with E-state index < -0.39 is 5.97 Å². The van der Waals surface area contributed by atoms with Crippen molar-refractivity contribution < 1.29 is 28.7 Å². The molecular weight excluding hydrogens is 396 g/mol. The number of hydrogen-bond donors (Lipinski definition) is 0. The maximum atomic E-state index is 12.6. The first-order chi connectivity index (χ1) is 14.8. The van der Waals surface area contributed by atoms with Crippen LogP contribution in [0.2, 0.25) is 0 Å². The van der Waals surface area contributed by atoms with Crippen LogP contribution in [-0.2, 0) is 0 Å². The third kappa shape index (κ3) is 5.11. The second-order valence-electron chi connectivity index (χ2n) is 6.88. The quantitative estimate of drug-likeness (QED) is 0.319. The van der Waals surface area contributed by atoms with Gasteiger partial charge in [-0.25, -0.2) is 4.79 Å². The van der Waals surface area contributed by atoms with E-state index in [0.717, 1.165) is 0 Å². The van der Waals surface area contributed by atoms with Gasteiger partial charge in [-0.2, -0.15) is 0 Å². The van der Waals surface area contributed by atoms with Crippen molar-refractivity contribution in [1.29, 1.82) is 0 Å². The molecule has 0 aromatic heterocycles. The highest BCUT2D eigenvalue weighted by atomic mass is 16.5. The molecule has 0 spiro atoms. The second kappa shape index (κ2) is 9.17. The topological polar surface area (TPSA) is 86.7 Å². The Morgan fingerprint density at radius 2 is 1.00 bits per heavy atom. The molecule has 0 radical (unpaired) electrons. The number of ketones is 3. The molecule has 0 aliphatic carbocycles. The van der Waals surface area contributed by atoms with Crippen LogP contribution in [0, 0.1) is 0 Å². The van der Waals surface area contributed by atoms with Crippen molar-refractivity contribution in [2.45, 2.75) is 13.8 Å². The number of rotatable bonds is 7. The zero-order valence-corrected chi connectivity index (χ0v) is 17.3. The van der Waals surface area contributed by atoms with Crippen LogP contribution >= 0.6 is 0 Å². The number of carbonyl (C=O) groups excluding carboxylic acids is 4. The van der Waals surface area contributed by atoms with Crippen molar-refractivity contribution >= 4 is 23.3 Å². The van der Waals surface area contributed by atoms with Crippen LogP contribution in [0.25, 0.3) is 0 Å². The van der Waals surface area contributed by atoms with Gasteiger partial charge in [0.1, 0.15) is 11.5 Å². The molecule has 0 aliphatic heterocycles. The molecule has 31 heavy (non-hydrogen) atoms. The summed E-state index contributed by atoms with van der Waals surface area (Å²) in [5.74, 6) is -0.535. The van der Waals surface area contributed by atoms with Crippen molar-refractivity contribution in [2.24, 2.45) is 0 Å². The van der Waals surface area contributed by atoms with Crippen LogP contribution in [-0.4, -0.2) is 30.4 Å². The highest BCUT2D eigenvalue weighted by Crippen LogP contribution is 2.20. The maximum Gasteiger partial charge on any atom is 0.343 e. The first-order valence-corrected chi connectivity index (χ1v) is 9.46. The second-order valence-corrected chi connectivity index (χ2v) is 6.88. The van der Waals surface area contributed by atoms with Gasteiger partial charge in [-0.15, -0.1) is 0 Å². The fourth-order valence-electron chi connectivity index (χ4n) is 2.90. The molecule has 0 fully saturated rings. The zero-order chi connectivity index (χ0) is 22.5. The molecular formula is C25H20O6. The Kier molecular flexibility index (Phi) is 6.40. The van der Waals surface area contributed by atoms with E-state index in [0.29, 0.717) is 16.9 Å². The van der Waals surface area contributed by atoms with Gasteiger partial charge in [0.15, 0.2) is 17.3 Å². The predicted octanol–water partition coefficient (Wildman–Crippen LogP) is 4.55. The molecule has 0 aliphatic rings. The van der Waals surface area contributed by atoms with Crippen LogP contribution < -0.4 is 9.47 Å². The van der Waals surface area contributed by atoms with E-state index in [9.17, 15) is 19.2 Å². The third-order valence-corrected chi connectivity index (χ3v) is 4.66. The summed E-state index contributed by atoms with van der Waals surface area (Å²) < 4.78 is 10.4. The van der Waals surface area contributed by atoms with Gasteiger partial charge < -0.3 is 9.47 Å². The van der Waals surface area contributed by atoms with Gasteiger partial charge in [-0.05, 0) is 80.6 Å². The highest BCUT2D eigenvalue weighted by Gasteiger charge is 2.16. The summed E-state index contributed by atoms with van der Waals surface area (Å²) in [5.41, 5.74) is 1.53. The fourth-order valence-corrected chi connectivity index (χ4v) is 2.90. The molecule has 0 bridgehead atoms. The minimum Gasteiger partial charge on any atom is -0.497 e. The Morgan fingerprint density at radius 3 is 1.42 bits per heavy atom. The normalized spacial score (nSPS) is 10.3. The molecule has 0 saturated heterocycles. The van der Waals surface area contributed by atoms with Gasteiger partial charge in [0.05, 0.1) is 12.7 Å². The van der Waals surface area contributed by atoms with Crippen molar-refractivity contribution in [2.75, 3.05) is 7.11 Å². The summed E-state index contributed by atoms with van der Waals surface area (Å²) in [4.78, 5) is 48.5. The zero-order valence-electron chi connectivity index (χ0n) is 17.3. The Labute approximate surface area is 179 Å². The maximum absolute atomic E-state index is 12.6. The summed E-state index contributed by atoms with van der Waals surface area (Å²) in [7, 11) is 1.55. The van der Waals surface area contributed by atoms with Gasteiger partial charge in [0.2, 0.25) is 0 Å². The molecule has 156 valence electrons. The minimum absolute atomic E-state index is 0.0938. The number of esters is 1. The summed E-state index contributed by atoms with van der Waals surface area (Å²) >= 11 is 0. The SMILES string of the molecule is COc1ccc(C(=O)c2ccc(OC(=O)c3cc(C(C)=O)cc(C(C)=O)c3)cc2)cc1. The number of carbonyl (C=O) groups is 4. The number of methoxy groups -OCH3 is 1. The number of Topliss-reactive ketones (excluding diaryl/α,β-unsaturated/α-hetero) is 2. The monoisotopic (exact) mass is 416 g/mol. The summed E-state index contributed by atoms with van der Waals surface area (Å²) in [6.45, 7) is 2.71. The molecule has 0 saturated carbocycles. The molecule has 6 nitrogen and oxygen atoms in total. The van der Waals surface area contributed by atoms with Crippen LogP contribution in [0.1, 0.15) is 60.8 Å². The van der Waals surface area contributed by atoms with Gasteiger partial charge in [-0.1, -0.05) is 0 Å². The van der Waals surface area contributed by atoms with E-state index in [1.807, 2.05) is 0 Å². The van der Waals surface area contributed by atoms with Crippen LogP contribution in [0.3, 0.4) is 0 Å². The molecule has 3 rings (SSSR count). The number of hydrogen-bond acceptors (Lipinski definition) is 6. The lowest BCUT2D eigenvalue weighted by Gasteiger charge is -2.08. The van der Waals surface area contributed by atoms with E-state index in [1.165, 1.54) is 44.2 Å². The lowest BCUT2D eigenvalue weighted by molar-refractivity contribution is 0.0734. The first kappa shape index (κ1) is 21.6. The van der Waals surface area contributed by atoms with Crippen molar-refractivity contribution in [3.63, 3.8) is 0 Å². The van der Waals surface area contributed by atoms with Gasteiger partial charge in [0, 0.05) is 22.3 Å². The lowest BCUT2D eigenvalue weighted by atomic mass is 10.0. The molecule has 3 aromatic carbocycles. The largest absolute Gasteiger partial charge is 0.497 e. The smallest absolute Gasteiger partial charge is 0.343 e. The molecule has 3 aromatic rings. The fraction of sp³-hybridized carbons (Fsp3) is 0.120. The van der Waals surface area contributed by atoms with Crippen molar-refractivity contribution in [1.82, 2.24) is 0 Å². The Balaban J connectivity index is 1.77. The minimum atomic E-state index is -0.708. The number of benzene rings is 3. The van der Waals surface area contributed by atoms with E-state index in [4.69, 9.17) is 9.47 Å². The Morgan fingerprint density at radius 1 is 0.581 bits per heavy atom. The summed E-state index contributed by atoms with van der Waals surface area (Å²) in [6, 6.07) is 17.1. The van der Waals surface area contributed by atoms with E-state index in [2.05, 4.69) is 0 Å². The lowest BCUT2D eigenvalue weighted by Crippen LogP contribution is -2.11. The molecule has 0 amide bonds. The highest BCUT2D eigenvalue weighted by molar-refractivity contribution is 6.09. The summed E-state index contributed by atoms with van der Waals surface area (Å²) in [5, 5.41) is 0. The Hall–Kier alpha value is -4.06. The molecule has 0 heterocycles. The average Bonchev–Trinajstić information content (AvgIpc) is 2.78.